The molecule has 6 rings (SSSR count). The maximum Gasteiger partial charge on any atom is 0.139 e. The van der Waals surface area contributed by atoms with Gasteiger partial charge in [0.1, 0.15) is 11.5 Å². The van der Waals surface area contributed by atoms with E-state index < -0.39 is 0 Å². The smallest absolute Gasteiger partial charge is 0.139 e. The molecule has 4 aliphatic rings. The number of pyridine rings is 2. The monoisotopic (exact) mass is 526 g/mol. The zero-order valence-corrected chi connectivity index (χ0v) is 23.1. The van der Waals surface area contributed by atoms with Gasteiger partial charge in [0.05, 0.1) is 36.7 Å². The lowest BCUT2D eigenvalue weighted by Crippen LogP contribution is -2.19. The molecule has 0 spiro atoms. The minimum atomic E-state index is 0.345. The van der Waals surface area contributed by atoms with Gasteiger partial charge in [-0.3, -0.25) is 9.97 Å². The first-order valence-electron chi connectivity index (χ1n) is 15.0. The van der Waals surface area contributed by atoms with Crippen molar-refractivity contribution < 1.29 is 9.47 Å². The van der Waals surface area contributed by atoms with Gasteiger partial charge in [-0.2, -0.15) is 0 Å². The molecule has 2 aromatic heterocycles. The summed E-state index contributed by atoms with van der Waals surface area (Å²) >= 11 is 0. The van der Waals surface area contributed by atoms with Crippen molar-refractivity contribution in [3.05, 3.63) is 48.0 Å². The minimum absolute atomic E-state index is 0.345. The fourth-order valence-electron chi connectivity index (χ4n) is 5.63. The lowest BCUT2D eigenvalue weighted by atomic mass is 9.98. The van der Waals surface area contributed by atoms with Crippen LogP contribution in [0.2, 0.25) is 0 Å². The summed E-state index contributed by atoms with van der Waals surface area (Å²) in [7, 11) is 0. The molecule has 4 fully saturated rings. The highest BCUT2D eigenvalue weighted by Gasteiger charge is 2.17. The molecule has 0 bridgehead atoms. The van der Waals surface area contributed by atoms with Gasteiger partial charge in [0.15, 0.2) is 0 Å². The first-order chi connectivity index (χ1) is 19.3. The Hall–Kier alpha value is -3.06. The molecular weight excluding hydrogens is 484 g/mol. The van der Waals surface area contributed by atoms with E-state index in [4.69, 9.17) is 9.47 Å². The van der Waals surface area contributed by atoms with Crippen molar-refractivity contribution in [3.63, 3.8) is 0 Å². The summed E-state index contributed by atoms with van der Waals surface area (Å²) in [6.45, 7) is 2.17. The normalized spacial score (nSPS) is 23.1. The first kappa shape index (κ1) is 27.5. The van der Waals surface area contributed by atoms with Crippen LogP contribution in [-0.4, -0.2) is 47.3 Å². The average molecular weight is 527 g/mol. The van der Waals surface area contributed by atoms with Gasteiger partial charge >= 0.3 is 0 Å². The lowest BCUT2D eigenvalue weighted by molar-refractivity contribution is 0.154. The van der Waals surface area contributed by atoms with E-state index >= 15 is 0 Å². The van der Waals surface area contributed by atoms with E-state index in [1.807, 2.05) is 24.5 Å². The van der Waals surface area contributed by atoms with Crippen LogP contribution in [0.15, 0.2) is 36.9 Å². The van der Waals surface area contributed by atoms with E-state index in [2.05, 4.69) is 44.3 Å². The zero-order chi connectivity index (χ0) is 26.5. The third-order valence-corrected chi connectivity index (χ3v) is 7.79. The molecule has 2 aromatic rings. The van der Waals surface area contributed by atoms with Crippen molar-refractivity contribution in [2.45, 2.75) is 108 Å². The van der Waals surface area contributed by atoms with E-state index in [0.717, 1.165) is 48.6 Å². The second-order valence-electron chi connectivity index (χ2n) is 11.1. The fourth-order valence-corrected chi connectivity index (χ4v) is 5.63. The molecule has 2 aliphatic heterocycles. The Morgan fingerprint density at radius 1 is 0.564 bits per heavy atom. The van der Waals surface area contributed by atoms with Crippen molar-refractivity contribution >= 4 is 0 Å². The number of hydrogen-bond donors (Lipinski definition) is 2. The van der Waals surface area contributed by atoms with Crippen LogP contribution in [0.1, 0.15) is 94.6 Å². The molecule has 2 atom stereocenters. The molecular formula is C33H42N4O2. The highest BCUT2D eigenvalue weighted by molar-refractivity contribution is 5.38. The Kier molecular flexibility index (Phi) is 10.5. The summed E-state index contributed by atoms with van der Waals surface area (Å²) in [4.78, 5) is 8.47. The largest absolute Gasteiger partial charge is 0.489 e. The number of nitrogens with one attached hydrogen (secondary N) is 2. The van der Waals surface area contributed by atoms with Crippen molar-refractivity contribution in [2.75, 3.05) is 13.1 Å². The zero-order valence-electron chi connectivity index (χ0n) is 23.1. The van der Waals surface area contributed by atoms with Gasteiger partial charge < -0.3 is 20.1 Å². The summed E-state index contributed by atoms with van der Waals surface area (Å²) in [6, 6.07) is 4.72. The van der Waals surface area contributed by atoms with Gasteiger partial charge in [-0.25, -0.2) is 0 Å². The fraction of sp³-hybridized carbons (Fsp3) is 0.576. The van der Waals surface area contributed by atoms with E-state index in [-0.39, 0.29) is 0 Å². The molecule has 2 aliphatic carbocycles. The Morgan fingerprint density at radius 3 is 1.46 bits per heavy atom. The van der Waals surface area contributed by atoms with Crippen LogP contribution in [0.25, 0.3) is 0 Å². The second kappa shape index (κ2) is 14.9. The molecule has 2 saturated carbocycles. The summed E-state index contributed by atoms with van der Waals surface area (Å²) in [5.74, 6) is 14.7. The molecule has 0 amide bonds. The van der Waals surface area contributed by atoms with Gasteiger partial charge in [-0.1, -0.05) is 30.1 Å². The molecule has 6 heteroatoms. The van der Waals surface area contributed by atoms with Gasteiger partial charge in [0.2, 0.25) is 0 Å². The van der Waals surface area contributed by atoms with Crippen LogP contribution in [0.3, 0.4) is 0 Å². The summed E-state index contributed by atoms with van der Waals surface area (Å²) in [5.41, 5.74) is 1.90. The van der Waals surface area contributed by atoms with Gasteiger partial charge in [0, 0.05) is 23.5 Å². The molecule has 39 heavy (non-hydrogen) atoms. The van der Waals surface area contributed by atoms with E-state index in [1.54, 1.807) is 12.4 Å². The molecule has 2 N–H and O–H groups in total. The Labute approximate surface area is 234 Å². The number of nitrogens with zero attached hydrogens (tertiary/aromatic N) is 2. The van der Waals surface area contributed by atoms with Crippen LogP contribution in [0.4, 0.5) is 0 Å². The van der Waals surface area contributed by atoms with Gasteiger partial charge in [-0.15, -0.1) is 0 Å². The topological polar surface area (TPSA) is 68.3 Å². The van der Waals surface area contributed by atoms with Crippen LogP contribution < -0.4 is 20.1 Å². The van der Waals surface area contributed by atoms with Crippen molar-refractivity contribution in [3.8, 4) is 35.2 Å². The van der Waals surface area contributed by atoms with Crippen molar-refractivity contribution in [2.24, 2.45) is 0 Å². The molecule has 0 unspecified atom stereocenters. The van der Waals surface area contributed by atoms with Gasteiger partial charge in [-0.05, 0) is 102 Å². The quantitative estimate of drug-likeness (QED) is 0.520. The van der Waals surface area contributed by atoms with Crippen LogP contribution in [0, 0.1) is 23.7 Å². The standard InChI is InChI=1S/C17H22N2O.C16H20N2O/c1-2-6-16(7-3-1)20-17-11-14(12-18-13-17)8-9-15-5-4-10-19-15;1-2-6-15(5-1)19-16-10-13(11-17-12-16)7-8-14-4-3-9-18-14/h11-13,15-16,19H,1-7,10H2;10-12,14-15,18H,1-6,9H2/t15-;14-/m01/s1. The summed E-state index contributed by atoms with van der Waals surface area (Å²) in [5, 5.41) is 6.76. The first-order valence-corrected chi connectivity index (χ1v) is 15.0. The van der Waals surface area contributed by atoms with Crippen LogP contribution in [0.5, 0.6) is 11.5 Å². The van der Waals surface area contributed by atoms with Crippen molar-refractivity contribution in [1.29, 1.82) is 0 Å². The highest BCUT2D eigenvalue weighted by Crippen LogP contribution is 2.24. The number of hydrogen-bond acceptors (Lipinski definition) is 6. The summed E-state index contributed by atoms with van der Waals surface area (Å²) < 4.78 is 12.0. The minimum Gasteiger partial charge on any atom is -0.489 e. The SMILES string of the molecule is C(#C[C@@H]1CCCN1)c1cncc(OC2CCCCC2)c1.C(#C[C@H]1CCCN1)c1cncc(OC2CCCC2)c1. The number of ether oxygens (including phenoxy) is 2. The predicted octanol–water partition coefficient (Wildman–Crippen LogP) is 5.40. The van der Waals surface area contributed by atoms with Crippen molar-refractivity contribution in [1.82, 2.24) is 20.6 Å². The highest BCUT2D eigenvalue weighted by atomic mass is 16.5. The van der Waals surface area contributed by atoms with E-state index in [0.29, 0.717) is 24.3 Å². The number of rotatable bonds is 4. The molecule has 6 nitrogen and oxygen atoms in total. The second-order valence-corrected chi connectivity index (χ2v) is 11.1. The maximum atomic E-state index is 6.02. The molecule has 0 radical (unpaired) electrons. The van der Waals surface area contributed by atoms with E-state index in [1.165, 1.54) is 70.6 Å². The van der Waals surface area contributed by atoms with Crippen LogP contribution in [-0.2, 0) is 0 Å². The third-order valence-electron chi connectivity index (χ3n) is 7.79. The third kappa shape index (κ3) is 9.27. The Morgan fingerprint density at radius 2 is 1.03 bits per heavy atom. The molecule has 2 saturated heterocycles. The molecule has 206 valence electrons. The van der Waals surface area contributed by atoms with Crippen LogP contribution >= 0.6 is 0 Å². The van der Waals surface area contributed by atoms with Gasteiger partial charge in [0.25, 0.3) is 0 Å². The Bertz CT molecular complexity index is 1150. The maximum absolute atomic E-state index is 6.02. The average Bonchev–Trinajstić information content (AvgIpc) is 3.77. The predicted molar refractivity (Wildman–Crippen MR) is 155 cm³/mol. The molecule has 0 aromatic carbocycles. The number of aromatic nitrogens is 2. The lowest BCUT2D eigenvalue weighted by Gasteiger charge is -2.22. The molecule has 4 heterocycles. The summed E-state index contributed by atoms with van der Waals surface area (Å²) in [6.07, 6.45) is 23.9. The van der Waals surface area contributed by atoms with E-state index in [9.17, 15) is 0 Å². The Balaban J connectivity index is 0.000000158.